The maximum atomic E-state index is 9.77. The van der Waals surface area contributed by atoms with Gasteiger partial charge in [-0.3, -0.25) is 4.99 Å². The molecular formula is C15H25N3O2. The number of aromatic hydroxyl groups is 1. The summed E-state index contributed by atoms with van der Waals surface area (Å²) in [6.45, 7) is 8.19. The average molecular weight is 279 g/mol. The smallest absolute Gasteiger partial charge is 0.196 e. The van der Waals surface area contributed by atoms with Crippen molar-refractivity contribution in [2.45, 2.75) is 33.2 Å². The van der Waals surface area contributed by atoms with Gasteiger partial charge in [0.15, 0.2) is 5.96 Å². The number of aliphatic imine (C=N–C) groups is 1. The van der Waals surface area contributed by atoms with Crippen LogP contribution in [0.4, 0.5) is 5.69 Å². The van der Waals surface area contributed by atoms with E-state index in [1.165, 1.54) is 0 Å². The molecule has 3 N–H and O–H groups in total. The molecule has 0 spiro atoms. The minimum Gasteiger partial charge on any atom is -0.506 e. The number of phenolic OH excluding ortho intramolecular Hbond substituents is 1. The van der Waals surface area contributed by atoms with Crippen LogP contribution in [-0.4, -0.2) is 36.9 Å². The molecule has 0 aliphatic rings. The zero-order valence-electron chi connectivity index (χ0n) is 12.5. The zero-order chi connectivity index (χ0) is 14.8. The molecule has 0 saturated carbocycles. The molecule has 5 nitrogen and oxygen atoms in total. The molecule has 0 bridgehead atoms. The lowest BCUT2D eigenvalue weighted by molar-refractivity contribution is 0.146. The van der Waals surface area contributed by atoms with E-state index in [2.05, 4.69) is 15.6 Å². The Kier molecular flexibility index (Phi) is 7.50. The van der Waals surface area contributed by atoms with E-state index in [1.54, 1.807) is 12.1 Å². The van der Waals surface area contributed by atoms with E-state index in [9.17, 15) is 5.11 Å². The maximum absolute atomic E-state index is 9.77. The quantitative estimate of drug-likeness (QED) is 0.311. The Bertz CT molecular complexity index is 419. The Labute approximate surface area is 121 Å². The Balaban J connectivity index is 2.59. The van der Waals surface area contributed by atoms with Crippen molar-refractivity contribution < 1.29 is 9.84 Å². The summed E-state index contributed by atoms with van der Waals surface area (Å²) >= 11 is 0. The molecule has 0 aromatic heterocycles. The number of nitrogens with zero attached hydrogens (tertiary/aromatic N) is 1. The number of hydrogen-bond donors (Lipinski definition) is 3. The van der Waals surface area contributed by atoms with Gasteiger partial charge in [-0.05, 0) is 39.3 Å². The summed E-state index contributed by atoms with van der Waals surface area (Å²) < 4.78 is 5.28. The zero-order valence-corrected chi connectivity index (χ0v) is 12.5. The Morgan fingerprint density at radius 2 is 2.10 bits per heavy atom. The summed E-state index contributed by atoms with van der Waals surface area (Å²) in [5, 5.41) is 16.1. The first kappa shape index (κ1) is 16.3. The fraction of sp³-hybridized carbons (Fsp3) is 0.533. The van der Waals surface area contributed by atoms with Crippen molar-refractivity contribution in [3.63, 3.8) is 0 Å². The van der Waals surface area contributed by atoms with Gasteiger partial charge >= 0.3 is 0 Å². The highest BCUT2D eigenvalue weighted by Gasteiger charge is 2.05. The molecule has 20 heavy (non-hydrogen) atoms. The van der Waals surface area contributed by atoms with Gasteiger partial charge in [-0.2, -0.15) is 0 Å². The number of rotatable bonds is 7. The van der Waals surface area contributed by atoms with E-state index < -0.39 is 0 Å². The number of phenols is 1. The molecule has 0 aliphatic heterocycles. The Hall–Kier alpha value is -1.75. The molecule has 0 amide bonds. The summed E-state index contributed by atoms with van der Waals surface area (Å²) in [5.41, 5.74) is 0.643. The predicted molar refractivity (Wildman–Crippen MR) is 83.4 cm³/mol. The largest absolute Gasteiger partial charge is 0.506 e. The summed E-state index contributed by atoms with van der Waals surface area (Å²) in [5.74, 6) is 0.873. The molecule has 1 aromatic carbocycles. The number of hydrogen-bond acceptors (Lipinski definition) is 3. The van der Waals surface area contributed by atoms with Crippen molar-refractivity contribution in [1.29, 1.82) is 0 Å². The lowest BCUT2D eigenvalue weighted by atomic mass is 10.3. The monoisotopic (exact) mass is 279 g/mol. The Morgan fingerprint density at radius 3 is 2.75 bits per heavy atom. The molecular weight excluding hydrogens is 254 g/mol. The number of anilines is 1. The van der Waals surface area contributed by atoms with Crippen LogP contribution in [0.1, 0.15) is 27.2 Å². The standard InChI is InChI=1S/C15H25N3O2/c1-4-20-11-7-10-16-15(17-12(2)3)18-13-8-5-6-9-14(13)19/h5-6,8-9,12,19H,4,7,10-11H2,1-3H3,(H2,16,17,18). The molecule has 0 unspecified atom stereocenters. The summed E-state index contributed by atoms with van der Waals surface area (Å²) in [7, 11) is 0. The molecule has 0 radical (unpaired) electrons. The molecule has 0 fully saturated rings. The molecule has 1 aromatic rings. The number of benzene rings is 1. The van der Waals surface area contributed by atoms with Crippen LogP contribution in [-0.2, 0) is 4.74 Å². The van der Waals surface area contributed by atoms with Gasteiger partial charge in [-0.1, -0.05) is 12.1 Å². The van der Waals surface area contributed by atoms with E-state index in [0.29, 0.717) is 24.8 Å². The third kappa shape index (κ3) is 6.43. The number of nitrogens with one attached hydrogen (secondary N) is 2. The summed E-state index contributed by atoms with van der Waals surface area (Å²) in [6, 6.07) is 7.37. The first-order valence-corrected chi connectivity index (χ1v) is 7.07. The van der Waals surface area contributed by atoms with E-state index in [1.807, 2.05) is 32.9 Å². The minimum atomic E-state index is 0.208. The third-order valence-corrected chi connectivity index (χ3v) is 2.50. The van der Waals surface area contributed by atoms with E-state index in [4.69, 9.17) is 4.74 Å². The number of guanidine groups is 1. The number of ether oxygens (including phenoxy) is 1. The normalized spacial score (nSPS) is 11.7. The van der Waals surface area contributed by atoms with Crippen molar-refractivity contribution >= 4 is 11.6 Å². The highest BCUT2D eigenvalue weighted by atomic mass is 16.5. The second kappa shape index (κ2) is 9.20. The number of para-hydroxylation sites is 2. The predicted octanol–water partition coefficient (Wildman–Crippen LogP) is 2.58. The van der Waals surface area contributed by atoms with Crippen LogP contribution in [0.15, 0.2) is 29.3 Å². The van der Waals surface area contributed by atoms with Crippen LogP contribution in [0.3, 0.4) is 0 Å². The van der Waals surface area contributed by atoms with Gasteiger partial charge in [0.25, 0.3) is 0 Å². The first-order chi connectivity index (χ1) is 9.63. The molecule has 5 heteroatoms. The van der Waals surface area contributed by atoms with Crippen molar-refractivity contribution in [3.05, 3.63) is 24.3 Å². The van der Waals surface area contributed by atoms with Gasteiger partial charge < -0.3 is 20.5 Å². The lowest BCUT2D eigenvalue weighted by Crippen LogP contribution is -2.36. The van der Waals surface area contributed by atoms with Gasteiger partial charge in [0.1, 0.15) is 5.75 Å². The highest BCUT2D eigenvalue weighted by molar-refractivity contribution is 5.95. The molecule has 0 atom stereocenters. The molecule has 0 heterocycles. The van der Waals surface area contributed by atoms with E-state index in [-0.39, 0.29) is 11.8 Å². The topological polar surface area (TPSA) is 65.9 Å². The summed E-state index contributed by atoms with van der Waals surface area (Å²) in [6.07, 6.45) is 0.875. The molecule has 0 aliphatic carbocycles. The van der Waals surface area contributed by atoms with E-state index in [0.717, 1.165) is 13.0 Å². The fourth-order valence-electron chi connectivity index (χ4n) is 1.60. The SMILES string of the molecule is CCOCCCN=C(Nc1ccccc1O)NC(C)C. The second-order valence-corrected chi connectivity index (χ2v) is 4.72. The van der Waals surface area contributed by atoms with Crippen LogP contribution in [0.25, 0.3) is 0 Å². The van der Waals surface area contributed by atoms with Crippen LogP contribution >= 0.6 is 0 Å². The van der Waals surface area contributed by atoms with Gasteiger partial charge in [0, 0.05) is 25.8 Å². The van der Waals surface area contributed by atoms with Crippen LogP contribution in [0, 0.1) is 0 Å². The van der Waals surface area contributed by atoms with Gasteiger partial charge in [0.2, 0.25) is 0 Å². The summed E-state index contributed by atoms with van der Waals surface area (Å²) in [4.78, 5) is 4.48. The van der Waals surface area contributed by atoms with Crippen LogP contribution < -0.4 is 10.6 Å². The highest BCUT2D eigenvalue weighted by Crippen LogP contribution is 2.21. The fourth-order valence-corrected chi connectivity index (χ4v) is 1.60. The van der Waals surface area contributed by atoms with Crippen molar-refractivity contribution in [2.75, 3.05) is 25.1 Å². The maximum Gasteiger partial charge on any atom is 0.196 e. The molecule has 0 saturated heterocycles. The van der Waals surface area contributed by atoms with Gasteiger partial charge in [-0.15, -0.1) is 0 Å². The first-order valence-electron chi connectivity index (χ1n) is 7.07. The molecule has 1 rings (SSSR count). The minimum absolute atomic E-state index is 0.208. The third-order valence-electron chi connectivity index (χ3n) is 2.50. The van der Waals surface area contributed by atoms with Crippen LogP contribution in [0.2, 0.25) is 0 Å². The van der Waals surface area contributed by atoms with Gasteiger partial charge in [0.05, 0.1) is 5.69 Å². The Morgan fingerprint density at radius 1 is 1.35 bits per heavy atom. The lowest BCUT2D eigenvalue weighted by Gasteiger charge is -2.15. The van der Waals surface area contributed by atoms with E-state index >= 15 is 0 Å². The molecule has 112 valence electrons. The van der Waals surface area contributed by atoms with Crippen molar-refractivity contribution in [1.82, 2.24) is 5.32 Å². The average Bonchev–Trinajstić information content (AvgIpc) is 2.40. The second-order valence-electron chi connectivity index (χ2n) is 4.72. The van der Waals surface area contributed by atoms with Crippen molar-refractivity contribution in [2.24, 2.45) is 4.99 Å². The van der Waals surface area contributed by atoms with Gasteiger partial charge in [-0.25, -0.2) is 0 Å². The van der Waals surface area contributed by atoms with Crippen LogP contribution in [0.5, 0.6) is 5.75 Å². The van der Waals surface area contributed by atoms with Crippen molar-refractivity contribution in [3.8, 4) is 5.75 Å².